The molecule has 2 aromatic heterocycles. The minimum Gasteiger partial charge on any atom is -0.495 e. The molecule has 0 bridgehead atoms. The van der Waals surface area contributed by atoms with E-state index in [0.29, 0.717) is 5.56 Å². The molecule has 0 spiro atoms. The Labute approximate surface area is 129 Å². The molecule has 1 aromatic carbocycles. The third-order valence-corrected chi connectivity index (χ3v) is 3.99. The molecule has 4 nitrogen and oxygen atoms in total. The van der Waals surface area contributed by atoms with E-state index in [4.69, 9.17) is 10.00 Å². The highest BCUT2D eigenvalue weighted by atomic mass is 16.5. The second kappa shape index (κ2) is 5.53. The van der Waals surface area contributed by atoms with Crippen LogP contribution < -0.4 is 4.74 Å². The molecule has 0 fully saturated rings. The van der Waals surface area contributed by atoms with Crippen LogP contribution in [0.3, 0.4) is 0 Å². The summed E-state index contributed by atoms with van der Waals surface area (Å²) in [6.45, 7) is 4.24. The van der Waals surface area contributed by atoms with Gasteiger partial charge in [-0.05, 0) is 43.2 Å². The van der Waals surface area contributed by atoms with E-state index in [1.165, 1.54) is 11.3 Å². The van der Waals surface area contributed by atoms with E-state index in [0.717, 1.165) is 28.9 Å². The van der Waals surface area contributed by atoms with Crippen LogP contribution in [0.1, 0.15) is 23.7 Å². The van der Waals surface area contributed by atoms with Crippen molar-refractivity contribution in [1.29, 1.82) is 5.26 Å². The van der Waals surface area contributed by atoms with Crippen molar-refractivity contribution in [2.45, 2.75) is 20.3 Å². The van der Waals surface area contributed by atoms with E-state index in [-0.39, 0.29) is 0 Å². The van der Waals surface area contributed by atoms with Crippen molar-refractivity contribution in [2.24, 2.45) is 0 Å². The van der Waals surface area contributed by atoms with E-state index in [1.807, 2.05) is 30.3 Å². The smallest absolute Gasteiger partial charge is 0.139 e. The monoisotopic (exact) mass is 291 g/mol. The fourth-order valence-corrected chi connectivity index (χ4v) is 2.88. The highest BCUT2D eigenvalue weighted by Gasteiger charge is 2.16. The van der Waals surface area contributed by atoms with Crippen LogP contribution in [0.25, 0.3) is 16.7 Å². The van der Waals surface area contributed by atoms with Crippen LogP contribution >= 0.6 is 0 Å². The van der Waals surface area contributed by atoms with Crippen molar-refractivity contribution in [3.05, 3.63) is 53.3 Å². The van der Waals surface area contributed by atoms with Crippen LogP contribution in [0.5, 0.6) is 5.75 Å². The molecule has 0 unspecified atom stereocenters. The molecule has 0 atom stereocenters. The standard InChI is InChI=1S/C18H17N3O/c1-4-16-12(2)21(14-7-5-13(10-19)6-8-14)17-9-15(22-3)11-20-18(16)17/h5-9,11H,4H2,1-3H3. The van der Waals surface area contributed by atoms with E-state index in [9.17, 15) is 0 Å². The molecule has 0 aliphatic heterocycles. The Morgan fingerprint density at radius 1 is 1.27 bits per heavy atom. The average molecular weight is 291 g/mol. The van der Waals surface area contributed by atoms with Crippen LogP contribution in [0.2, 0.25) is 0 Å². The minimum atomic E-state index is 0.657. The van der Waals surface area contributed by atoms with E-state index < -0.39 is 0 Å². The van der Waals surface area contributed by atoms with Gasteiger partial charge in [-0.3, -0.25) is 4.98 Å². The number of ether oxygens (including phenoxy) is 1. The van der Waals surface area contributed by atoms with Crippen LogP contribution in [0, 0.1) is 18.3 Å². The van der Waals surface area contributed by atoms with Gasteiger partial charge in [0.25, 0.3) is 0 Å². The van der Waals surface area contributed by atoms with Gasteiger partial charge in [-0.2, -0.15) is 5.26 Å². The number of nitriles is 1. The Bertz CT molecular complexity index is 870. The lowest BCUT2D eigenvalue weighted by atomic mass is 10.1. The van der Waals surface area contributed by atoms with Crippen molar-refractivity contribution >= 4 is 11.0 Å². The van der Waals surface area contributed by atoms with E-state index >= 15 is 0 Å². The number of hydrogen-bond acceptors (Lipinski definition) is 3. The molecule has 3 rings (SSSR count). The molecule has 22 heavy (non-hydrogen) atoms. The Hall–Kier alpha value is -2.80. The van der Waals surface area contributed by atoms with Crippen LogP contribution in [0.15, 0.2) is 36.5 Å². The summed E-state index contributed by atoms with van der Waals surface area (Å²) < 4.78 is 7.49. The lowest BCUT2D eigenvalue weighted by Crippen LogP contribution is -1.97. The summed E-state index contributed by atoms with van der Waals surface area (Å²) in [4.78, 5) is 4.57. The first-order valence-electron chi connectivity index (χ1n) is 7.24. The van der Waals surface area contributed by atoms with E-state index in [2.05, 4.69) is 29.5 Å². The molecular formula is C18H17N3O. The van der Waals surface area contributed by atoms with Crippen molar-refractivity contribution in [3.63, 3.8) is 0 Å². The number of rotatable bonds is 3. The van der Waals surface area contributed by atoms with Crippen molar-refractivity contribution < 1.29 is 4.74 Å². The largest absolute Gasteiger partial charge is 0.495 e. The summed E-state index contributed by atoms with van der Waals surface area (Å²) in [6.07, 6.45) is 2.68. The first-order chi connectivity index (χ1) is 10.7. The second-order valence-electron chi connectivity index (χ2n) is 5.15. The van der Waals surface area contributed by atoms with Crippen molar-refractivity contribution in [3.8, 4) is 17.5 Å². The number of methoxy groups -OCH3 is 1. The number of aromatic nitrogens is 2. The number of benzene rings is 1. The highest BCUT2D eigenvalue weighted by Crippen LogP contribution is 2.30. The lowest BCUT2D eigenvalue weighted by Gasteiger charge is -2.09. The fraction of sp³-hybridized carbons (Fsp3) is 0.222. The summed E-state index contributed by atoms with van der Waals surface area (Å²) in [6, 6.07) is 11.7. The molecule has 0 amide bonds. The van der Waals surface area contributed by atoms with Gasteiger partial charge in [-0.25, -0.2) is 0 Å². The van der Waals surface area contributed by atoms with Gasteiger partial charge in [-0.15, -0.1) is 0 Å². The zero-order valence-electron chi connectivity index (χ0n) is 12.9. The van der Waals surface area contributed by atoms with Gasteiger partial charge < -0.3 is 9.30 Å². The van der Waals surface area contributed by atoms with E-state index in [1.54, 1.807) is 13.3 Å². The summed E-state index contributed by atoms with van der Waals surface area (Å²) >= 11 is 0. The molecule has 3 aromatic rings. The third kappa shape index (κ3) is 2.11. The highest BCUT2D eigenvalue weighted by molar-refractivity contribution is 5.84. The maximum atomic E-state index is 8.95. The lowest BCUT2D eigenvalue weighted by molar-refractivity contribution is 0.413. The van der Waals surface area contributed by atoms with Gasteiger partial charge in [0.05, 0.1) is 36.0 Å². The van der Waals surface area contributed by atoms with Crippen LogP contribution in [-0.2, 0) is 6.42 Å². The quantitative estimate of drug-likeness (QED) is 0.738. The van der Waals surface area contributed by atoms with Gasteiger partial charge in [0, 0.05) is 17.4 Å². The average Bonchev–Trinajstić information content (AvgIpc) is 2.85. The van der Waals surface area contributed by atoms with Gasteiger partial charge in [0.2, 0.25) is 0 Å². The first-order valence-corrected chi connectivity index (χ1v) is 7.24. The SMILES string of the molecule is CCc1c(C)n(-c2ccc(C#N)cc2)c2cc(OC)cnc12. The normalized spacial score (nSPS) is 10.6. The second-order valence-corrected chi connectivity index (χ2v) is 5.15. The van der Waals surface area contributed by atoms with Crippen LogP contribution in [0.4, 0.5) is 0 Å². The zero-order valence-corrected chi connectivity index (χ0v) is 12.9. The number of aryl methyl sites for hydroxylation is 1. The maximum absolute atomic E-state index is 8.95. The number of hydrogen-bond donors (Lipinski definition) is 0. The van der Waals surface area contributed by atoms with Crippen molar-refractivity contribution in [1.82, 2.24) is 9.55 Å². The summed E-state index contributed by atoms with van der Waals surface area (Å²) in [7, 11) is 1.64. The summed E-state index contributed by atoms with van der Waals surface area (Å²) in [5, 5.41) is 8.95. The molecule has 4 heteroatoms. The Balaban J connectivity index is 2.31. The number of fused-ring (bicyclic) bond motifs is 1. The first kappa shape index (κ1) is 14.2. The number of nitrogens with zero attached hydrogens (tertiary/aromatic N) is 3. The molecule has 2 heterocycles. The molecule has 0 aliphatic carbocycles. The summed E-state index contributed by atoms with van der Waals surface area (Å²) in [5.41, 5.74) is 6.12. The Morgan fingerprint density at radius 3 is 2.59 bits per heavy atom. The molecule has 0 saturated carbocycles. The summed E-state index contributed by atoms with van der Waals surface area (Å²) in [5.74, 6) is 0.738. The van der Waals surface area contributed by atoms with Gasteiger partial charge in [-0.1, -0.05) is 6.92 Å². The topological polar surface area (TPSA) is 50.8 Å². The minimum absolute atomic E-state index is 0.657. The molecule has 110 valence electrons. The molecule has 0 radical (unpaired) electrons. The Morgan fingerprint density at radius 2 is 2.00 bits per heavy atom. The van der Waals surface area contributed by atoms with Crippen molar-refractivity contribution in [2.75, 3.05) is 7.11 Å². The van der Waals surface area contributed by atoms with Crippen LogP contribution in [-0.4, -0.2) is 16.7 Å². The molecule has 0 saturated heterocycles. The molecular weight excluding hydrogens is 274 g/mol. The molecule has 0 N–H and O–H groups in total. The predicted octanol–water partition coefficient (Wildman–Crippen LogP) is 3.78. The van der Waals surface area contributed by atoms with Gasteiger partial charge >= 0.3 is 0 Å². The fourth-order valence-electron chi connectivity index (χ4n) is 2.88. The molecule has 0 aliphatic rings. The maximum Gasteiger partial charge on any atom is 0.139 e. The Kier molecular flexibility index (Phi) is 3.56. The number of pyridine rings is 1. The predicted molar refractivity (Wildman–Crippen MR) is 86.5 cm³/mol. The zero-order chi connectivity index (χ0) is 15.7. The van der Waals surface area contributed by atoms with Gasteiger partial charge in [0.15, 0.2) is 0 Å². The third-order valence-electron chi connectivity index (χ3n) is 3.99. The van der Waals surface area contributed by atoms with Gasteiger partial charge in [0.1, 0.15) is 5.75 Å².